The van der Waals surface area contributed by atoms with Crippen LogP contribution in [0.5, 0.6) is 0 Å². The molecule has 122 valence electrons. The Morgan fingerprint density at radius 2 is 1.78 bits per heavy atom. The van der Waals surface area contributed by atoms with Crippen LogP contribution in [0.25, 0.3) is 0 Å². The zero-order valence-corrected chi connectivity index (χ0v) is 13.9. The monoisotopic (exact) mass is 334 g/mol. The van der Waals surface area contributed by atoms with Crippen molar-refractivity contribution in [3.63, 3.8) is 0 Å². The molecule has 0 bridgehead atoms. The highest BCUT2D eigenvalue weighted by molar-refractivity contribution is 7.89. The molecule has 2 rings (SSSR count). The van der Waals surface area contributed by atoms with Crippen LogP contribution in [0.1, 0.15) is 15.9 Å². The zero-order valence-electron chi connectivity index (χ0n) is 13.1. The number of sulfonamides is 1. The van der Waals surface area contributed by atoms with Gasteiger partial charge in [-0.1, -0.05) is 16.6 Å². The molecule has 0 unspecified atom stereocenters. The highest BCUT2D eigenvalue weighted by Crippen LogP contribution is 2.16. The molecule has 0 heterocycles. The maximum Gasteiger partial charge on any atom is 0.264 e. The Balaban J connectivity index is 2.18. The third kappa shape index (κ3) is 3.95. The number of nitrogens with one attached hydrogen (secondary N) is 1. The van der Waals surface area contributed by atoms with Gasteiger partial charge in [0.2, 0.25) is 0 Å². The lowest BCUT2D eigenvalue weighted by molar-refractivity contribution is -0.0258. The van der Waals surface area contributed by atoms with Crippen molar-refractivity contribution in [1.82, 2.24) is 4.47 Å². The second kappa shape index (κ2) is 6.91. The fourth-order valence-corrected chi connectivity index (χ4v) is 2.92. The van der Waals surface area contributed by atoms with Crippen LogP contribution >= 0.6 is 0 Å². The third-order valence-electron chi connectivity index (χ3n) is 3.29. The van der Waals surface area contributed by atoms with Crippen molar-refractivity contribution in [2.45, 2.75) is 11.8 Å². The van der Waals surface area contributed by atoms with Gasteiger partial charge in [0.05, 0.1) is 12.0 Å². The van der Waals surface area contributed by atoms with E-state index < -0.39 is 10.0 Å². The van der Waals surface area contributed by atoms with Crippen LogP contribution in [0.3, 0.4) is 0 Å². The van der Waals surface area contributed by atoms with Crippen LogP contribution < -0.4 is 5.32 Å². The van der Waals surface area contributed by atoms with Gasteiger partial charge in [0.1, 0.15) is 0 Å². The van der Waals surface area contributed by atoms with Crippen molar-refractivity contribution in [2.75, 3.05) is 19.5 Å². The van der Waals surface area contributed by atoms with Crippen LogP contribution in [0.4, 0.5) is 5.69 Å². The fraction of sp³-hybridized carbons (Fsp3) is 0.188. The van der Waals surface area contributed by atoms with Crippen molar-refractivity contribution < 1.29 is 18.0 Å². The van der Waals surface area contributed by atoms with E-state index in [0.29, 0.717) is 11.3 Å². The molecule has 2 aromatic carbocycles. The summed E-state index contributed by atoms with van der Waals surface area (Å²) in [5.74, 6) is -0.306. The van der Waals surface area contributed by atoms with E-state index in [4.69, 9.17) is 4.84 Å². The molecular formula is C16H18N2O4S. The van der Waals surface area contributed by atoms with Gasteiger partial charge in [-0.15, -0.1) is 0 Å². The van der Waals surface area contributed by atoms with E-state index >= 15 is 0 Å². The van der Waals surface area contributed by atoms with E-state index in [0.717, 1.165) is 10.0 Å². The van der Waals surface area contributed by atoms with Crippen LogP contribution in [-0.4, -0.2) is 33.0 Å². The molecule has 6 nitrogen and oxygen atoms in total. The molecule has 0 spiro atoms. The summed E-state index contributed by atoms with van der Waals surface area (Å²) in [5.41, 5.74) is 2.09. The van der Waals surface area contributed by atoms with E-state index in [1.54, 1.807) is 6.07 Å². The van der Waals surface area contributed by atoms with Gasteiger partial charge < -0.3 is 5.32 Å². The van der Waals surface area contributed by atoms with E-state index in [1.807, 2.05) is 25.1 Å². The first-order chi connectivity index (χ1) is 10.8. The Morgan fingerprint density at radius 3 is 2.35 bits per heavy atom. The summed E-state index contributed by atoms with van der Waals surface area (Å²) in [4.78, 5) is 16.9. The Bertz CT molecular complexity index is 801. The summed E-state index contributed by atoms with van der Waals surface area (Å²) >= 11 is 0. The van der Waals surface area contributed by atoms with Crippen LogP contribution in [0.15, 0.2) is 53.4 Å². The number of carbonyl (C=O) groups is 1. The standard InChI is InChI=1S/C16H18N2O4S/c1-12-5-4-6-14(11-12)17-16(19)13-7-9-15(10-8-13)23(20,21)18(2)22-3/h4-11H,1-3H3,(H,17,19). The average molecular weight is 334 g/mol. The SMILES string of the molecule is CON(C)S(=O)(=O)c1ccc(C(=O)Nc2cccc(C)c2)cc1. The summed E-state index contributed by atoms with van der Waals surface area (Å²) in [6.45, 7) is 1.93. The molecule has 0 aromatic heterocycles. The van der Waals surface area contributed by atoms with Crippen LogP contribution in [0.2, 0.25) is 0 Å². The molecule has 0 fully saturated rings. The Hall–Kier alpha value is -2.22. The Kier molecular flexibility index (Phi) is 5.15. The molecule has 0 aliphatic rings. The first-order valence-electron chi connectivity index (χ1n) is 6.85. The van der Waals surface area contributed by atoms with Gasteiger partial charge in [0.15, 0.2) is 0 Å². The molecule has 0 saturated heterocycles. The number of anilines is 1. The largest absolute Gasteiger partial charge is 0.322 e. The number of aryl methyl sites for hydroxylation is 1. The molecule has 1 amide bonds. The lowest BCUT2D eigenvalue weighted by Crippen LogP contribution is -2.25. The maximum atomic E-state index is 12.2. The lowest BCUT2D eigenvalue weighted by Gasteiger charge is -2.14. The molecule has 0 aliphatic carbocycles. The number of hydrogen-bond donors (Lipinski definition) is 1. The summed E-state index contributed by atoms with van der Waals surface area (Å²) < 4.78 is 24.9. The van der Waals surface area contributed by atoms with Gasteiger partial charge in [-0.25, -0.2) is 8.42 Å². The summed E-state index contributed by atoms with van der Waals surface area (Å²) in [5, 5.41) is 2.77. The number of rotatable bonds is 5. The Labute approximate surface area is 135 Å². The molecule has 23 heavy (non-hydrogen) atoms. The minimum atomic E-state index is -3.72. The predicted octanol–water partition coefficient (Wildman–Crippen LogP) is 2.43. The number of amides is 1. The van der Waals surface area contributed by atoms with E-state index in [1.165, 1.54) is 38.4 Å². The minimum absolute atomic E-state index is 0.0500. The second-order valence-corrected chi connectivity index (χ2v) is 6.88. The number of carbonyl (C=O) groups excluding carboxylic acids is 1. The van der Waals surface area contributed by atoms with Crippen molar-refractivity contribution in [2.24, 2.45) is 0 Å². The second-order valence-electron chi connectivity index (χ2n) is 4.95. The first kappa shape index (κ1) is 17.1. The zero-order chi connectivity index (χ0) is 17.0. The van der Waals surface area contributed by atoms with Crippen LogP contribution in [-0.2, 0) is 14.9 Å². The smallest absolute Gasteiger partial charge is 0.264 e. The van der Waals surface area contributed by atoms with Crippen molar-refractivity contribution in [1.29, 1.82) is 0 Å². The van der Waals surface area contributed by atoms with Gasteiger partial charge in [0, 0.05) is 18.3 Å². The molecule has 7 heteroatoms. The molecular weight excluding hydrogens is 316 g/mol. The van der Waals surface area contributed by atoms with E-state index in [2.05, 4.69) is 5.32 Å². The maximum absolute atomic E-state index is 12.2. The fourth-order valence-electron chi connectivity index (χ4n) is 1.95. The van der Waals surface area contributed by atoms with E-state index in [-0.39, 0.29) is 10.8 Å². The number of hydroxylamine groups is 1. The van der Waals surface area contributed by atoms with Gasteiger partial charge in [-0.3, -0.25) is 9.63 Å². The van der Waals surface area contributed by atoms with Crippen molar-refractivity contribution >= 4 is 21.6 Å². The van der Waals surface area contributed by atoms with Crippen molar-refractivity contribution in [3.8, 4) is 0 Å². The topological polar surface area (TPSA) is 75.7 Å². The number of nitrogens with zero attached hydrogens (tertiary/aromatic N) is 1. The van der Waals surface area contributed by atoms with Gasteiger partial charge in [-0.2, -0.15) is 0 Å². The quantitative estimate of drug-likeness (QED) is 0.852. The molecule has 0 radical (unpaired) electrons. The molecule has 0 atom stereocenters. The minimum Gasteiger partial charge on any atom is -0.322 e. The summed E-state index contributed by atoms with van der Waals surface area (Å²) in [6, 6.07) is 13.1. The third-order valence-corrected chi connectivity index (χ3v) is 4.98. The molecule has 2 aromatic rings. The number of benzene rings is 2. The first-order valence-corrected chi connectivity index (χ1v) is 8.29. The normalized spacial score (nSPS) is 11.5. The number of hydrogen-bond acceptors (Lipinski definition) is 4. The highest BCUT2D eigenvalue weighted by Gasteiger charge is 2.20. The average Bonchev–Trinajstić information content (AvgIpc) is 2.54. The molecule has 0 aliphatic heterocycles. The van der Waals surface area contributed by atoms with Crippen molar-refractivity contribution in [3.05, 3.63) is 59.7 Å². The van der Waals surface area contributed by atoms with E-state index in [9.17, 15) is 13.2 Å². The highest BCUT2D eigenvalue weighted by atomic mass is 32.2. The predicted molar refractivity (Wildman–Crippen MR) is 87.5 cm³/mol. The van der Waals surface area contributed by atoms with Gasteiger partial charge in [-0.05, 0) is 48.9 Å². The van der Waals surface area contributed by atoms with Crippen LogP contribution in [0, 0.1) is 6.92 Å². The molecule has 0 saturated carbocycles. The lowest BCUT2D eigenvalue weighted by atomic mass is 10.2. The summed E-state index contributed by atoms with van der Waals surface area (Å²) in [7, 11) is -1.15. The Morgan fingerprint density at radius 1 is 1.13 bits per heavy atom. The van der Waals surface area contributed by atoms with Gasteiger partial charge in [0.25, 0.3) is 15.9 Å². The van der Waals surface area contributed by atoms with Gasteiger partial charge >= 0.3 is 0 Å². The summed E-state index contributed by atoms with van der Waals surface area (Å²) in [6.07, 6.45) is 0. The molecule has 1 N–H and O–H groups in total.